The molecule has 1 saturated carbocycles. The summed E-state index contributed by atoms with van der Waals surface area (Å²) in [6.45, 7) is 3.96. The van der Waals surface area contributed by atoms with Gasteiger partial charge in [-0.3, -0.25) is 5.10 Å². The first-order valence-corrected chi connectivity index (χ1v) is 9.02. The summed E-state index contributed by atoms with van der Waals surface area (Å²) in [4.78, 5) is 2.33. The van der Waals surface area contributed by atoms with Crippen molar-refractivity contribution in [3.8, 4) is 0 Å². The van der Waals surface area contributed by atoms with E-state index < -0.39 is 0 Å². The first-order chi connectivity index (χ1) is 12.4. The largest absolute Gasteiger partial charge is 0.354 e. The van der Waals surface area contributed by atoms with Gasteiger partial charge in [-0.1, -0.05) is 6.42 Å². The minimum Gasteiger partial charge on any atom is -0.354 e. The predicted octanol–water partition coefficient (Wildman–Crippen LogP) is 1.34. The van der Waals surface area contributed by atoms with Gasteiger partial charge in [-0.05, 0) is 25.0 Å². The number of fused-ring (bicyclic) bond motifs is 1. The first-order valence-electron chi connectivity index (χ1n) is 9.02. The number of aromatic amines is 1. The maximum atomic E-state index is 4.80. The average molecular weight is 338 g/mol. The molecular formula is C17H22N8. The van der Waals surface area contributed by atoms with E-state index in [9.17, 15) is 0 Å². The summed E-state index contributed by atoms with van der Waals surface area (Å²) < 4.78 is 1.95. The number of nitrogens with zero attached hydrogens (tertiary/aromatic N) is 6. The molecular weight excluding hydrogens is 316 g/mol. The normalized spacial score (nSPS) is 18.5. The van der Waals surface area contributed by atoms with Crippen LogP contribution in [0.15, 0.2) is 24.5 Å². The van der Waals surface area contributed by atoms with E-state index >= 15 is 0 Å². The Morgan fingerprint density at radius 2 is 2.12 bits per heavy atom. The van der Waals surface area contributed by atoms with Crippen LogP contribution in [-0.2, 0) is 6.54 Å². The minimum atomic E-state index is 0.536. The quantitative estimate of drug-likeness (QED) is 0.705. The van der Waals surface area contributed by atoms with Crippen LogP contribution < -0.4 is 10.2 Å². The minimum absolute atomic E-state index is 0.536. The van der Waals surface area contributed by atoms with Gasteiger partial charge in [-0.2, -0.15) is 9.61 Å². The summed E-state index contributed by atoms with van der Waals surface area (Å²) >= 11 is 0. The second-order valence-electron chi connectivity index (χ2n) is 7.16. The Kier molecular flexibility index (Phi) is 3.62. The fourth-order valence-corrected chi connectivity index (χ4v) is 3.57. The van der Waals surface area contributed by atoms with Crippen molar-refractivity contribution >= 4 is 11.5 Å². The van der Waals surface area contributed by atoms with Crippen molar-refractivity contribution in [3.63, 3.8) is 0 Å². The van der Waals surface area contributed by atoms with Crippen LogP contribution in [0.1, 0.15) is 36.6 Å². The third kappa shape index (κ3) is 2.76. The van der Waals surface area contributed by atoms with Crippen molar-refractivity contribution < 1.29 is 0 Å². The highest BCUT2D eigenvalue weighted by Crippen LogP contribution is 2.35. The Morgan fingerprint density at radius 1 is 1.20 bits per heavy atom. The maximum absolute atomic E-state index is 4.80. The molecule has 0 bridgehead atoms. The van der Waals surface area contributed by atoms with Crippen molar-refractivity contribution in [2.45, 2.75) is 31.7 Å². The maximum Gasteiger partial charge on any atom is 0.178 e. The van der Waals surface area contributed by atoms with E-state index in [1.54, 1.807) is 0 Å². The van der Waals surface area contributed by atoms with E-state index in [1.165, 1.54) is 24.8 Å². The smallest absolute Gasteiger partial charge is 0.178 e. The van der Waals surface area contributed by atoms with Crippen LogP contribution in [0.5, 0.6) is 0 Å². The Labute approximate surface area is 145 Å². The van der Waals surface area contributed by atoms with E-state index in [4.69, 9.17) is 5.10 Å². The third-order valence-corrected chi connectivity index (χ3v) is 5.34. The van der Waals surface area contributed by atoms with Gasteiger partial charge in [0.05, 0.1) is 6.20 Å². The van der Waals surface area contributed by atoms with Gasteiger partial charge < -0.3 is 10.2 Å². The number of nitrogens with one attached hydrogen (secondary N) is 2. The second kappa shape index (κ2) is 6.11. The lowest BCUT2D eigenvalue weighted by Gasteiger charge is -2.40. The van der Waals surface area contributed by atoms with Crippen LogP contribution in [0.25, 0.3) is 5.65 Å². The summed E-state index contributed by atoms with van der Waals surface area (Å²) in [5.41, 5.74) is 2.05. The van der Waals surface area contributed by atoms with Crippen molar-refractivity contribution in [3.05, 3.63) is 35.9 Å². The first kappa shape index (κ1) is 14.8. The summed E-state index contributed by atoms with van der Waals surface area (Å²) in [5, 5.41) is 23.7. The molecule has 8 nitrogen and oxygen atoms in total. The molecule has 0 amide bonds. The Morgan fingerprint density at radius 3 is 2.88 bits per heavy atom. The molecule has 4 heterocycles. The standard InChI is InChI=1S/C17H22N8/c1-2-14(3-1)17-22-21-15-4-5-16(23-25(15)17)24-10-13(11-24)7-18-6-12-8-19-20-9-12/h4-5,8-9,13-14,18H,1-3,6-7,10-11H2,(H,19,20). The monoisotopic (exact) mass is 338 g/mol. The van der Waals surface area contributed by atoms with E-state index in [2.05, 4.69) is 36.7 Å². The van der Waals surface area contributed by atoms with E-state index in [0.29, 0.717) is 11.8 Å². The Bertz CT molecular complexity index is 845. The van der Waals surface area contributed by atoms with Crippen molar-refractivity contribution in [2.75, 3.05) is 24.5 Å². The highest BCUT2D eigenvalue weighted by Gasteiger charge is 2.29. The molecule has 2 aliphatic rings. The number of aromatic nitrogens is 6. The fraction of sp³-hybridized carbons (Fsp3) is 0.529. The zero-order valence-electron chi connectivity index (χ0n) is 14.1. The Hall–Kier alpha value is -2.48. The molecule has 130 valence electrons. The van der Waals surface area contributed by atoms with Crippen molar-refractivity contribution in [2.24, 2.45) is 5.92 Å². The topological polar surface area (TPSA) is 87.0 Å². The highest BCUT2D eigenvalue weighted by atomic mass is 15.4. The number of hydrogen-bond acceptors (Lipinski definition) is 6. The number of hydrogen-bond donors (Lipinski definition) is 2. The van der Waals surface area contributed by atoms with Gasteiger partial charge in [0.15, 0.2) is 11.5 Å². The predicted molar refractivity (Wildman–Crippen MR) is 93.4 cm³/mol. The summed E-state index contributed by atoms with van der Waals surface area (Å²) in [7, 11) is 0. The van der Waals surface area contributed by atoms with Gasteiger partial charge in [-0.25, -0.2) is 0 Å². The molecule has 0 unspecified atom stereocenters. The molecule has 0 aromatic carbocycles. The molecule has 1 aliphatic carbocycles. The van der Waals surface area contributed by atoms with Gasteiger partial charge >= 0.3 is 0 Å². The van der Waals surface area contributed by atoms with Gasteiger partial charge in [0.2, 0.25) is 0 Å². The zero-order valence-corrected chi connectivity index (χ0v) is 14.1. The Balaban J connectivity index is 1.20. The number of anilines is 1. The van der Waals surface area contributed by atoms with Gasteiger partial charge in [0.25, 0.3) is 0 Å². The molecule has 1 saturated heterocycles. The van der Waals surface area contributed by atoms with Crippen LogP contribution in [0.3, 0.4) is 0 Å². The molecule has 2 fully saturated rings. The van der Waals surface area contributed by atoms with Gasteiger partial charge in [0.1, 0.15) is 5.82 Å². The van der Waals surface area contributed by atoms with E-state index in [0.717, 1.165) is 43.5 Å². The lowest BCUT2D eigenvalue weighted by molar-refractivity contribution is 0.378. The van der Waals surface area contributed by atoms with Crippen LogP contribution in [-0.4, -0.2) is 49.6 Å². The average Bonchev–Trinajstić information content (AvgIpc) is 3.18. The molecule has 3 aromatic heterocycles. The molecule has 0 spiro atoms. The van der Waals surface area contributed by atoms with Crippen LogP contribution in [0.2, 0.25) is 0 Å². The lowest BCUT2D eigenvalue weighted by atomic mass is 9.85. The summed E-state index contributed by atoms with van der Waals surface area (Å²) in [6.07, 6.45) is 7.50. The highest BCUT2D eigenvalue weighted by molar-refractivity contribution is 5.47. The number of rotatable bonds is 6. The SMILES string of the molecule is c1n[nH]cc1CNCC1CN(c2ccc3nnc(C4CCC4)n3n2)C1. The molecule has 25 heavy (non-hydrogen) atoms. The van der Waals surface area contributed by atoms with Gasteiger partial charge in [-0.15, -0.1) is 15.3 Å². The van der Waals surface area contributed by atoms with Gasteiger partial charge in [0, 0.05) is 49.8 Å². The van der Waals surface area contributed by atoms with Crippen molar-refractivity contribution in [1.82, 2.24) is 35.3 Å². The van der Waals surface area contributed by atoms with Crippen molar-refractivity contribution in [1.29, 1.82) is 0 Å². The molecule has 2 N–H and O–H groups in total. The molecule has 0 atom stereocenters. The van der Waals surface area contributed by atoms with Crippen LogP contribution in [0.4, 0.5) is 5.82 Å². The molecule has 0 radical (unpaired) electrons. The van der Waals surface area contributed by atoms with E-state index in [1.807, 2.05) is 23.0 Å². The summed E-state index contributed by atoms with van der Waals surface area (Å²) in [5.74, 6) is 3.26. The molecule has 5 rings (SSSR count). The van der Waals surface area contributed by atoms with E-state index in [-0.39, 0.29) is 0 Å². The molecule has 3 aromatic rings. The lowest BCUT2D eigenvalue weighted by Crippen LogP contribution is -2.51. The van der Waals surface area contributed by atoms with Crippen LogP contribution >= 0.6 is 0 Å². The second-order valence-corrected chi connectivity index (χ2v) is 7.16. The summed E-state index contributed by atoms with van der Waals surface area (Å²) in [6, 6.07) is 4.09. The zero-order chi connectivity index (χ0) is 16.6. The molecule has 8 heteroatoms. The molecule has 1 aliphatic heterocycles. The third-order valence-electron chi connectivity index (χ3n) is 5.34. The fourth-order valence-electron chi connectivity index (χ4n) is 3.57. The van der Waals surface area contributed by atoms with Crippen LogP contribution in [0, 0.1) is 5.92 Å². The number of H-pyrrole nitrogens is 1.